The topological polar surface area (TPSA) is 42.7 Å². The molecule has 0 saturated heterocycles. The zero-order valence-corrected chi connectivity index (χ0v) is 9.43. The molecule has 0 bridgehead atoms. The van der Waals surface area contributed by atoms with Gasteiger partial charge in [0, 0.05) is 13.1 Å². The summed E-state index contributed by atoms with van der Waals surface area (Å²) >= 11 is 0. The van der Waals surface area contributed by atoms with Gasteiger partial charge in [-0.3, -0.25) is 0 Å². The smallest absolute Gasteiger partial charge is 0.140 e. The fourth-order valence-electron chi connectivity index (χ4n) is 1.60. The third-order valence-electron chi connectivity index (χ3n) is 2.45. The SMILES string of the molecule is CCn1ncnc1CNCc1ccccc1. The number of rotatable bonds is 5. The highest BCUT2D eigenvalue weighted by atomic mass is 15.3. The van der Waals surface area contributed by atoms with Crippen LogP contribution in [0.3, 0.4) is 0 Å². The molecule has 4 heteroatoms. The Morgan fingerprint density at radius 2 is 2.00 bits per heavy atom. The van der Waals surface area contributed by atoms with E-state index in [4.69, 9.17) is 0 Å². The van der Waals surface area contributed by atoms with Crippen molar-refractivity contribution in [1.29, 1.82) is 0 Å². The molecule has 4 nitrogen and oxygen atoms in total. The number of hydrogen-bond acceptors (Lipinski definition) is 3. The van der Waals surface area contributed by atoms with Crippen LogP contribution in [-0.4, -0.2) is 14.8 Å². The maximum Gasteiger partial charge on any atom is 0.140 e. The van der Waals surface area contributed by atoms with Crippen molar-refractivity contribution in [3.05, 3.63) is 48.0 Å². The zero-order chi connectivity index (χ0) is 11.2. The van der Waals surface area contributed by atoms with Crippen molar-refractivity contribution < 1.29 is 0 Å². The Morgan fingerprint density at radius 3 is 2.75 bits per heavy atom. The van der Waals surface area contributed by atoms with Crippen molar-refractivity contribution in [1.82, 2.24) is 20.1 Å². The number of benzene rings is 1. The van der Waals surface area contributed by atoms with Gasteiger partial charge in [0.05, 0.1) is 6.54 Å². The van der Waals surface area contributed by atoms with Crippen molar-refractivity contribution in [2.45, 2.75) is 26.6 Å². The third kappa shape index (κ3) is 2.67. The van der Waals surface area contributed by atoms with E-state index in [1.54, 1.807) is 6.33 Å². The van der Waals surface area contributed by atoms with E-state index in [1.165, 1.54) is 5.56 Å². The summed E-state index contributed by atoms with van der Waals surface area (Å²) in [7, 11) is 0. The summed E-state index contributed by atoms with van der Waals surface area (Å²) in [6.07, 6.45) is 1.60. The lowest BCUT2D eigenvalue weighted by Crippen LogP contribution is -2.16. The third-order valence-corrected chi connectivity index (χ3v) is 2.45. The van der Waals surface area contributed by atoms with Crippen molar-refractivity contribution >= 4 is 0 Å². The minimum absolute atomic E-state index is 0.753. The average molecular weight is 216 g/mol. The molecule has 0 fully saturated rings. The summed E-state index contributed by atoms with van der Waals surface area (Å²) in [5, 5.41) is 7.48. The number of nitrogens with zero attached hydrogens (tertiary/aromatic N) is 3. The fraction of sp³-hybridized carbons (Fsp3) is 0.333. The van der Waals surface area contributed by atoms with Gasteiger partial charge in [-0.1, -0.05) is 30.3 Å². The van der Waals surface area contributed by atoms with E-state index in [0.29, 0.717) is 0 Å². The minimum atomic E-state index is 0.753. The molecule has 0 aliphatic heterocycles. The molecule has 0 aliphatic carbocycles. The van der Waals surface area contributed by atoms with Gasteiger partial charge in [-0.05, 0) is 12.5 Å². The monoisotopic (exact) mass is 216 g/mol. The van der Waals surface area contributed by atoms with Crippen LogP contribution in [0.5, 0.6) is 0 Å². The first-order valence-electron chi connectivity index (χ1n) is 5.51. The summed E-state index contributed by atoms with van der Waals surface area (Å²) in [4.78, 5) is 4.21. The van der Waals surface area contributed by atoms with Gasteiger partial charge < -0.3 is 5.32 Å². The number of aromatic nitrogens is 3. The number of hydrogen-bond donors (Lipinski definition) is 1. The van der Waals surface area contributed by atoms with Gasteiger partial charge in [-0.2, -0.15) is 5.10 Å². The van der Waals surface area contributed by atoms with Gasteiger partial charge in [0.25, 0.3) is 0 Å². The van der Waals surface area contributed by atoms with Gasteiger partial charge in [0.2, 0.25) is 0 Å². The van der Waals surface area contributed by atoms with E-state index in [9.17, 15) is 0 Å². The van der Waals surface area contributed by atoms with Gasteiger partial charge >= 0.3 is 0 Å². The van der Waals surface area contributed by atoms with Crippen LogP contribution in [0.25, 0.3) is 0 Å². The highest BCUT2D eigenvalue weighted by Crippen LogP contribution is 1.99. The van der Waals surface area contributed by atoms with E-state index < -0.39 is 0 Å². The van der Waals surface area contributed by atoms with Crippen LogP contribution < -0.4 is 5.32 Å². The molecule has 0 radical (unpaired) electrons. The standard InChI is InChI=1S/C12H16N4/c1-2-16-12(14-10-15-16)9-13-8-11-6-4-3-5-7-11/h3-7,10,13H,2,8-9H2,1H3. The molecule has 0 atom stereocenters. The second-order valence-electron chi connectivity index (χ2n) is 3.58. The molecule has 0 saturated carbocycles. The zero-order valence-electron chi connectivity index (χ0n) is 9.43. The molecule has 2 rings (SSSR count). The van der Waals surface area contributed by atoms with Crippen LogP contribution in [0.2, 0.25) is 0 Å². The molecule has 84 valence electrons. The average Bonchev–Trinajstić information content (AvgIpc) is 2.78. The van der Waals surface area contributed by atoms with Gasteiger partial charge in [-0.25, -0.2) is 9.67 Å². The summed E-state index contributed by atoms with van der Waals surface area (Å²) < 4.78 is 1.90. The van der Waals surface area contributed by atoms with Gasteiger partial charge in [-0.15, -0.1) is 0 Å². The lowest BCUT2D eigenvalue weighted by Gasteiger charge is -2.05. The summed E-state index contributed by atoms with van der Waals surface area (Å²) in [5.74, 6) is 0.985. The molecule has 2 aromatic rings. The summed E-state index contributed by atoms with van der Waals surface area (Å²) in [6.45, 7) is 4.54. The Morgan fingerprint density at radius 1 is 1.19 bits per heavy atom. The molecule has 1 aromatic carbocycles. The van der Waals surface area contributed by atoms with Crippen molar-refractivity contribution in [3.8, 4) is 0 Å². The Bertz CT molecular complexity index is 422. The first-order valence-corrected chi connectivity index (χ1v) is 5.51. The highest BCUT2D eigenvalue weighted by molar-refractivity contribution is 5.14. The Balaban J connectivity index is 1.85. The lowest BCUT2D eigenvalue weighted by atomic mass is 10.2. The predicted molar refractivity (Wildman–Crippen MR) is 62.7 cm³/mol. The molecule has 0 aliphatic rings. The second kappa shape index (κ2) is 5.42. The van der Waals surface area contributed by atoms with Crippen LogP contribution in [-0.2, 0) is 19.6 Å². The highest BCUT2D eigenvalue weighted by Gasteiger charge is 2.01. The molecule has 0 amide bonds. The maximum absolute atomic E-state index is 4.21. The Kier molecular flexibility index (Phi) is 3.66. The van der Waals surface area contributed by atoms with E-state index in [1.807, 2.05) is 22.9 Å². The van der Waals surface area contributed by atoms with Crippen LogP contribution in [0.4, 0.5) is 0 Å². The van der Waals surface area contributed by atoms with E-state index in [2.05, 4.69) is 34.5 Å². The van der Waals surface area contributed by atoms with E-state index >= 15 is 0 Å². The molecular weight excluding hydrogens is 200 g/mol. The van der Waals surface area contributed by atoms with Crippen LogP contribution in [0.1, 0.15) is 18.3 Å². The Labute approximate surface area is 95.3 Å². The minimum Gasteiger partial charge on any atom is -0.306 e. The van der Waals surface area contributed by atoms with E-state index in [-0.39, 0.29) is 0 Å². The number of aryl methyl sites for hydroxylation is 1. The fourth-order valence-corrected chi connectivity index (χ4v) is 1.60. The number of nitrogens with one attached hydrogen (secondary N) is 1. The lowest BCUT2D eigenvalue weighted by molar-refractivity contribution is 0.572. The molecule has 0 unspecified atom stereocenters. The van der Waals surface area contributed by atoms with Gasteiger partial charge in [0.15, 0.2) is 0 Å². The first kappa shape index (κ1) is 10.8. The second-order valence-corrected chi connectivity index (χ2v) is 3.58. The molecule has 0 spiro atoms. The van der Waals surface area contributed by atoms with Crippen molar-refractivity contribution in [2.75, 3.05) is 0 Å². The largest absolute Gasteiger partial charge is 0.306 e. The van der Waals surface area contributed by atoms with Crippen molar-refractivity contribution in [2.24, 2.45) is 0 Å². The first-order chi connectivity index (χ1) is 7.90. The molecular formula is C12H16N4. The summed E-state index contributed by atoms with van der Waals surface area (Å²) in [6, 6.07) is 10.3. The van der Waals surface area contributed by atoms with Gasteiger partial charge in [0.1, 0.15) is 12.2 Å². The van der Waals surface area contributed by atoms with Crippen LogP contribution in [0, 0.1) is 0 Å². The van der Waals surface area contributed by atoms with Crippen molar-refractivity contribution in [3.63, 3.8) is 0 Å². The van der Waals surface area contributed by atoms with Crippen LogP contribution in [0.15, 0.2) is 36.7 Å². The molecule has 1 aromatic heterocycles. The van der Waals surface area contributed by atoms with Crippen LogP contribution >= 0.6 is 0 Å². The quantitative estimate of drug-likeness (QED) is 0.825. The molecule has 1 N–H and O–H groups in total. The van der Waals surface area contributed by atoms with E-state index in [0.717, 1.165) is 25.5 Å². The Hall–Kier alpha value is -1.68. The maximum atomic E-state index is 4.21. The summed E-state index contributed by atoms with van der Waals surface area (Å²) in [5.41, 5.74) is 1.28. The normalized spacial score (nSPS) is 10.6. The predicted octanol–water partition coefficient (Wildman–Crippen LogP) is 1.59. The molecule has 1 heterocycles. The molecule has 16 heavy (non-hydrogen) atoms.